The zero-order valence-corrected chi connectivity index (χ0v) is 14.1. The van der Waals surface area contributed by atoms with Gasteiger partial charge in [-0.15, -0.1) is 0 Å². The summed E-state index contributed by atoms with van der Waals surface area (Å²) in [5.41, 5.74) is 2.62. The summed E-state index contributed by atoms with van der Waals surface area (Å²) >= 11 is 0. The lowest BCUT2D eigenvalue weighted by Gasteiger charge is -2.12. The highest BCUT2D eigenvalue weighted by molar-refractivity contribution is 6.00. The number of hydrogen-bond acceptors (Lipinski definition) is 3. The molecule has 1 unspecified atom stereocenters. The molecule has 0 heterocycles. The highest BCUT2D eigenvalue weighted by Crippen LogP contribution is 2.14. The van der Waals surface area contributed by atoms with Gasteiger partial charge in [0.2, 0.25) is 0 Å². The van der Waals surface area contributed by atoms with E-state index in [4.69, 9.17) is 5.21 Å². The van der Waals surface area contributed by atoms with E-state index in [1.807, 2.05) is 31.2 Å². The average Bonchev–Trinajstić information content (AvgIpc) is 2.52. The molecule has 1 rings (SSSR count). The summed E-state index contributed by atoms with van der Waals surface area (Å²) in [7, 11) is 0. The Bertz CT molecular complexity index is 426. The smallest absolute Gasteiger partial charge is 0.0893 e. The van der Waals surface area contributed by atoms with Gasteiger partial charge in [-0.25, -0.2) is 0 Å². The molecule has 3 heteroatoms. The lowest BCUT2D eigenvalue weighted by molar-refractivity contribution is 0.167. The van der Waals surface area contributed by atoms with Gasteiger partial charge in [0.1, 0.15) is 0 Å². The second-order valence-corrected chi connectivity index (χ2v) is 6.18. The van der Waals surface area contributed by atoms with Crippen LogP contribution < -0.4 is 0 Å². The number of benzene rings is 1. The van der Waals surface area contributed by atoms with Gasteiger partial charge in [-0.2, -0.15) is 0 Å². The monoisotopic (exact) mass is 305 g/mol. The molecule has 0 amide bonds. The van der Waals surface area contributed by atoms with Crippen molar-refractivity contribution in [3.05, 3.63) is 35.4 Å². The molecular weight excluding hydrogens is 274 g/mol. The summed E-state index contributed by atoms with van der Waals surface area (Å²) in [4.78, 5) is 0. The Morgan fingerprint density at radius 3 is 2.18 bits per heavy atom. The molecule has 1 atom stereocenters. The summed E-state index contributed by atoms with van der Waals surface area (Å²) in [6.07, 6.45) is 9.47. The number of hydrogen-bond donors (Lipinski definition) is 2. The number of nitrogens with zero attached hydrogens (tertiary/aromatic N) is 1. The number of oxime groups is 1. The number of rotatable bonds is 11. The van der Waals surface area contributed by atoms with E-state index >= 15 is 0 Å². The lowest BCUT2D eigenvalue weighted by Crippen LogP contribution is -2.14. The van der Waals surface area contributed by atoms with Crippen molar-refractivity contribution in [2.24, 2.45) is 5.16 Å². The first-order valence-electron chi connectivity index (χ1n) is 8.63. The summed E-state index contributed by atoms with van der Waals surface area (Å²) in [6, 6.07) is 7.85. The number of aliphatic hydroxyl groups excluding tert-OH is 1. The van der Waals surface area contributed by atoms with Gasteiger partial charge in [0.05, 0.1) is 11.8 Å². The zero-order valence-electron chi connectivity index (χ0n) is 14.1. The van der Waals surface area contributed by atoms with Crippen LogP contribution in [-0.2, 0) is 0 Å². The summed E-state index contributed by atoms with van der Waals surface area (Å²) in [6.45, 7) is 4.25. The van der Waals surface area contributed by atoms with E-state index < -0.39 is 6.10 Å². The normalized spacial score (nSPS) is 13.3. The number of aliphatic hydroxyl groups is 1. The van der Waals surface area contributed by atoms with Crippen molar-refractivity contribution in [3.63, 3.8) is 0 Å². The molecule has 1 aromatic carbocycles. The predicted octanol–water partition coefficient (Wildman–Crippen LogP) is 5.07. The molecule has 1 aromatic rings. The van der Waals surface area contributed by atoms with Gasteiger partial charge in [0.15, 0.2) is 0 Å². The second kappa shape index (κ2) is 11.2. The fraction of sp³-hybridized carbons (Fsp3) is 0.632. The van der Waals surface area contributed by atoms with Crippen LogP contribution in [0.15, 0.2) is 29.4 Å². The third kappa shape index (κ3) is 7.60. The molecule has 22 heavy (non-hydrogen) atoms. The number of unbranched alkanes of at least 4 members (excludes halogenated alkanes) is 6. The Morgan fingerprint density at radius 1 is 1.00 bits per heavy atom. The molecule has 0 aliphatic carbocycles. The minimum Gasteiger partial charge on any atom is -0.411 e. The van der Waals surface area contributed by atoms with E-state index in [9.17, 15) is 5.11 Å². The van der Waals surface area contributed by atoms with Crippen molar-refractivity contribution in [1.29, 1.82) is 0 Å². The molecule has 3 nitrogen and oxygen atoms in total. The lowest BCUT2D eigenvalue weighted by atomic mass is 9.99. The maximum atomic E-state index is 10.1. The minimum absolute atomic E-state index is 0.412. The Kier molecular flexibility index (Phi) is 9.56. The van der Waals surface area contributed by atoms with Crippen molar-refractivity contribution < 1.29 is 10.3 Å². The fourth-order valence-electron chi connectivity index (χ4n) is 2.62. The molecule has 0 spiro atoms. The minimum atomic E-state index is -0.428. The first-order chi connectivity index (χ1) is 10.7. The second-order valence-electron chi connectivity index (χ2n) is 6.18. The van der Waals surface area contributed by atoms with Crippen LogP contribution in [0.1, 0.15) is 75.8 Å². The van der Waals surface area contributed by atoms with Crippen molar-refractivity contribution >= 4 is 5.71 Å². The largest absolute Gasteiger partial charge is 0.411 e. The van der Waals surface area contributed by atoms with Crippen LogP contribution >= 0.6 is 0 Å². The van der Waals surface area contributed by atoms with Crippen LogP contribution in [-0.4, -0.2) is 22.1 Å². The zero-order chi connectivity index (χ0) is 16.2. The van der Waals surface area contributed by atoms with Gasteiger partial charge in [0.25, 0.3) is 0 Å². The third-order valence-electron chi connectivity index (χ3n) is 4.08. The van der Waals surface area contributed by atoms with Crippen molar-refractivity contribution in [3.8, 4) is 0 Å². The molecule has 0 aliphatic rings. The molecule has 2 N–H and O–H groups in total. The topological polar surface area (TPSA) is 52.8 Å². The Morgan fingerprint density at radius 2 is 1.59 bits per heavy atom. The van der Waals surface area contributed by atoms with Crippen LogP contribution in [0.25, 0.3) is 0 Å². The highest BCUT2D eigenvalue weighted by atomic mass is 16.4. The standard InChI is InChI=1S/C19H31NO2/c1-3-4-5-6-7-8-9-10-18(21)15-19(20-22)17-13-11-16(2)12-14-17/h11-14,18,21-22H,3-10,15H2,1-2H3. The van der Waals surface area contributed by atoms with Gasteiger partial charge < -0.3 is 10.3 Å². The molecule has 0 radical (unpaired) electrons. The summed E-state index contributed by atoms with van der Waals surface area (Å²) in [5, 5.41) is 22.6. The molecular formula is C19H31NO2. The molecule has 0 bridgehead atoms. The van der Waals surface area contributed by atoms with Gasteiger partial charge in [-0.1, -0.05) is 86.9 Å². The van der Waals surface area contributed by atoms with E-state index in [1.54, 1.807) is 0 Å². The quantitative estimate of drug-likeness (QED) is 0.260. The van der Waals surface area contributed by atoms with Gasteiger partial charge >= 0.3 is 0 Å². The van der Waals surface area contributed by atoms with E-state index in [-0.39, 0.29) is 0 Å². The number of aryl methyl sites for hydroxylation is 1. The van der Waals surface area contributed by atoms with E-state index in [0.29, 0.717) is 12.1 Å². The van der Waals surface area contributed by atoms with E-state index in [2.05, 4.69) is 12.1 Å². The predicted molar refractivity (Wildman–Crippen MR) is 92.7 cm³/mol. The molecule has 0 aliphatic heterocycles. The first-order valence-corrected chi connectivity index (χ1v) is 8.63. The van der Waals surface area contributed by atoms with Crippen molar-refractivity contribution in [1.82, 2.24) is 0 Å². The van der Waals surface area contributed by atoms with Crippen molar-refractivity contribution in [2.75, 3.05) is 0 Å². The van der Waals surface area contributed by atoms with E-state index in [0.717, 1.165) is 18.4 Å². The highest BCUT2D eigenvalue weighted by Gasteiger charge is 2.11. The molecule has 0 saturated heterocycles. The molecule has 0 aromatic heterocycles. The maximum absolute atomic E-state index is 10.1. The average molecular weight is 305 g/mol. The summed E-state index contributed by atoms with van der Waals surface area (Å²) < 4.78 is 0. The fourth-order valence-corrected chi connectivity index (χ4v) is 2.62. The van der Waals surface area contributed by atoms with Crippen LogP contribution in [0.3, 0.4) is 0 Å². The van der Waals surface area contributed by atoms with Crippen molar-refractivity contribution in [2.45, 2.75) is 77.7 Å². The van der Waals surface area contributed by atoms with Crippen LogP contribution in [0.4, 0.5) is 0 Å². The molecule has 0 fully saturated rings. The van der Waals surface area contributed by atoms with Gasteiger partial charge in [-0.3, -0.25) is 0 Å². The Labute approximate surface area is 135 Å². The third-order valence-corrected chi connectivity index (χ3v) is 4.08. The Hall–Kier alpha value is -1.35. The molecule has 0 saturated carbocycles. The SMILES string of the molecule is CCCCCCCCCC(O)CC(=NO)c1ccc(C)cc1. The van der Waals surface area contributed by atoms with Crippen LogP contribution in [0.5, 0.6) is 0 Å². The van der Waals surface area contributed by atoms with Gasteiger partial charge in [-0.05, 0) is 18.9 Å². The maximum Gasteiger partial charge on any atom is 0.0893 e. The summed E-state index contributed by atoms with van der Waals surface area (Å²) in [5.74, 6) is 0. The molecule has 124 valence electrons. The Balaban J connectivity index is 2.25. The van der Waals surface area contributed by atoms with Gasteiger partial charge in [0, 0.05) is 6.42 Å². The van der Waals surface area contributed by atoms with Crippen LogP contribution in [0, 0.1) is 6.92 Å². The van der Waals surface area contributed by atoms with E-state index in [1.165, 1.54) is 44.1 Å². The first kappa shape index (κ1) is 18.7. The van der Waals surface area contributed by atoms with Crippen LogP contribution in [0.2, 0.25) is 0 Å².